The minimum absolute atomic E-state index is 0.747. The topological polar surface area (TPSA) is 12.0 Å². The normalized spacial score (nSPS) is 11.5. The van der Waals surface area contributed by atoms with Crippen LogP contribution in [-0.2, 0) is 6.42 Å². The maximum Gasteiger partial charge on any atom is -0.00142 e. The number of benzene rings is 1. The summed E-state index contributed by atoms with van der Waals surface area (Å²) in [5, 5.41) is 3.44. The molecular formula is C16H25N. The van der Waals surface area contributed by atoms with E-state index in [4.69, 9.17) is 0 Å². The molecule has 94 valence electrons. The van der Waals surface area contributed by atoms with E-state index >= 15 is 0 Å². The third-order valence-electron chi connectivity index (χ3n) is 2.65. The summed E-state index contributed by atoms with van der Waals surface area (Å²) in [6.45, 7) is 6.70. The fourth-order valence-corrected chi connectivity index (χ4v) is 1.71. The predicted molar refractivity (Wildman–Crippen MR) is 76.2 cm³/mol. The van der Waals surface area contributed by atoms with Crippen LogP contribution in [0.2, 0.25) is 0 Å². The number of nitrogens with one attached hydrogen (secondary N) is 1. The Morgan fingerprint density at radius 3 is 2.47 bits per heavy atom. The first-order valence-electron chi connectivity index (χ1n) is 6.68. The third-order valence-corrected chi connectivity index (χ3v) is 2.65. The summed E-state index contributed by atoms with van der Waals surface area (Å²) in [4.78, 5) is 0. The molecule has 1 rings (SSSR count). The molecule has 0 fully saturated rings. The molecule has 0 atom stereocenters. The van der Waals surface area contributed by atoms with Gasteiger partial charge in [-0.15, -0.1) is 0 Å². The van der Waals surface area contributed by atoms with Gasteiger partial charge in [0, 0.05) is 0 Å². The number of rotatable bonds is 8. The Morgan fingerprint density at radius 2 is 1.76 bits per heavy atom. The van der Waals surface area contributed by atoms with Crippen molar-refractivity contribution in [2.24, 2.45) is 5.92 Å². The quantitative estimate of drug-likeness (QED) is 0.530. The van der Waals surface area contributed by atoms with Crippen LogP contribution in [-0.4, -0.2) is 13.1 Å². The first-order valence-corrected chi connectivity index (χ1v) is 6.68. The molecule has 0 radical (unpaired) electrons. The average molecular weight is 231 g/mol. The highest BCUT2D eigenvalue weighted by Crippen LogP contribution is 2.02. The van der Waals surface area contributed by atoms with E-state index in [0.29, 0.717) is 0 Å². The van der Waals surface area contributed by atoms with Gasteiger partial charge in [0.1, 0.15) is 0 Å². The molecule has 1 aromatic carbocycles. The summed E-state index contributed by atoms with van der Waals surface area (Å²) in [5.41, 5.74) is 1.43. The molecule has 1 N–H and O–H groups in total. The van der Waals surface area contributed by atoms with Gasteiger partial charge in [-0.1, -0.05) is 56.3 Å². The minimum Gasteiger partial charge on any atom is -0.316 e. The Morgan fingerprint density at radius 1 is 1.06 bits per heavy atom. The highest BCUT2D eigenvalue weighted by molar-refractivity contribution is 5.15. The highest BCUT2D eigenvalue weighted by atomic mass is 14.8. The van der Waals surface area contributed by atoms with Gasteiger partial charge in [-0.25, -0.2) is 0 Å². The van der Waals surface area contributed by atoms with Gasteiger partial charge in [0.25, 0.3) is 0 Å². The smallest absolute Gasteiger partial charge is 0.00142 e. The zero-order valence-electron chi connectivity index (χ0n) is 11.2. The first-order chi connectivity index (χ1) is 8.29. The predicted octanol–water partition coefficient (Wildman–Crippen LogP) is 3.81. The lowest BCUT2D eigenvalue weighted by atomic mass is 10.1. The SMILES string of the molecule is CC(C)CNCCC=CCCc1ccccc1. The van der Waals surface area contributed by atoms with E-state index in [9.17, 15) is 0 Å². The van der Waals surface area contributed by atoms with Gasteiger partial charge in [-0.05, 0) is 43.8 Å². The molecular weight excluding hydrogens is 206 g/mol. The molecule has 0 heterocycles. The van der Waals surface area contributed by atoms with E-state index in [-0.39, 0.29) is 0 Å². The maximum absolute atomic E-state index is 3.44. The van der Waals surface area contributed by atoms with Crippen molar-refractivity contribution in [3.63, 3.8) is 0 Å². The van der Waals surface area contributed by atoms with Crippen LogP contribution >= 0.6 is 0 Å². The average Bonchev–Trinajstić information content (AvgIpc) is 2.33. The number of aryl methyl sites for hydroxylation is 1. The molecule has 0 saturated carbocycles. The number of allylic oxidation sites excluding steroid dienone is 1. The lowest BCUT2D eigenvalue weighted by molar-refractivity contribution is 0.556. The Labute approximate surface area is 106 Å². The van der Waals surface area contributed by atoms with Gasteiger partial charge in [0.05, 0.1) is 0 Å². The number of hydrogen-bond donors (Lipinski definition) is 1. The van der Waals surface area contributed by atoms with Crippen LogP contribution in [0.5, 0.6) is 0 Å². The van der Waals surface area contributed by atoms with Crippen LogP contribution < -0.4 is 5.32 Å². The second-order valence-corrected chi connectivity index (χ2v) is 4.88. The molecule has 0 saturated heterocycles. The first kappa shape index (κ1) is 14.0. The van der Waals surface area contributed by atoms with Crippen LogP contribution in [0, 0.1) is 5.92 Å². The van der Waals surface area contributed by atoms with Gasteiger partial charge in [-0.3, -0.25) is 0 Å². The summed E-state index contributed by atoms with van der Waals surface area (Å²) in [5.74, 6) is 0.747. The van der Waals surface area contributed by atoms with Crippen molar-refractivity contribution in [1.82, 2.24) is 5.32 Å². The summed E-state index contributed by atoms with van der Waals surface area (Å²) >= 11 is 0. The molecule has 0 unspecified atom stereocenters. The zero-order valence-corrected chi connectivity index (χ0v) is 11.2. The van der Waals surface area contributed by atoms with Gasteiger partial charge in [0.2, 0.25) is 0 Å². The third kappa shape index (κ3) is 7.76. The van der Waals surface area contributed by atoms with Crippen LogP contribution in [0.15, 0.2) is 42.5 Å². The molecule has 0 aromatic heterocycles. The van der Waals surface area contributed by atoms with Crippen molar-refractivity contribution in [3.05, 3.63) is 48.0 Å². The molecule has 0 bridgehead atoms. The lowest BCUT2D eigenvalue weighted by Gasteiger charge is -2.04. The summed E-state index contributed by atoms with van der Waals surface area (Å²) in [6.07, 6.45) is 8.02. The van der Waals surface area contributed by atoms with Crippen molar-refractivity contribution < 1.29 is 0 Å². The van der Waals surface area contributed by atoms with E-state index < -0.39 is 0 Å². The van der Waals surface area contributed by atoms with Gasteiger partial charge < -0.3 is 5.32 Å². The van der Waals surface area contributed by atoms with E-state index in [1.807, 2.05) is 0 Å². The monoisotopic (exact) mass is 231 g/mol. The van der Waals surface area contributed by atoms with E-state index in [1.165, 1.54) is 5.56 Å². The number of hydrogen-bond acceptors (Lipinski definition) is 1. The summed E-state index contributed by atoms with van der Waals surface area (Å²) in [6, 6.07) is 10.7. The van der Waals surface area contributed by atoms with Crippen LogP contribution in [0.25, 0.3) is 0 Å². The second kappa shape index (κ2) is 9.00. The molecule has 17 heavy (non-hydrogen) atoms. The Hall–Kier alpha value is -1.08. The minimum atomic E-state index is 0.747. The van der Waals surface area contributed by atoms with Crippen molar-refractivity contribution in [3.8, 4) is 0 Å². The molecule has 0 aliphatic carbocycles. The summed E-state index contributed by atoms with van der Waals surface area (Å²) in [7, 11) is 0. The largest absolute Gasteiger partial charge is 0.316 e. The van der Waals surface area contributed by atoms with Crippen LogP contribution in [0.3, 0.4) is 0 Å². The van der Waals surface area contributed by atoms with E-state index in [1.54, 1.807) is 0 Å². The van der Waals surface area contributed by atoms with E-state index in [2.05, 4.69) is 61.6 Å². The van der Waals surface area contributed by atoms with Crippen LogP contribution in [0.4, 0.5) is 0 Å². The van der Waals surface area contributed by atoms with E-state index in [0.717, 1.165) is 38.3 Å². The van der Waals surface area contributed by atoms with Gasteiger partial charge >= 0.3 is 0 Å². The fourth-order valence-electron chi connectivity index (χ4n) is 1.71. The van der Waals surface area contributed by atoms with Crippen molar-refractivity contribution in [2.75, 3.05) is 13.1 Å². The molecule has 0 aliphatic rings. The Balaban J connectivity index is 1.99. The Bertz CT molecular complexity index is 301. The Kier molecular flexibility index (Phi) is 7.40. The van der Waals surface area contributed by atoms with Crippen LogP contribution in [0.1, 0.15) is 32.3 Å². The highest BCUT2D eigenvalue weighted by Gasteiger charge is 1.91. The lowest BCUT2D eigenvalue weighted by Crippen LogP contribution is -2.20. The molecule has 0 amide bonds. The standard InChI is InChI=1S/C16H25N/c1-15(2)14-17-13-9-4-3-6-10-16-11-7-5-8-12-16/h3-5,7-8,11-12,15,17H,6,9-10,13-14H2,1-2H3. The van der Waals surface area contributed by atoms with Crippen molar-refractivity contribution in [1.29, 1.82) is 0 Å². The molecule has 1 nitrogen and oxygen atoms in total. The maximum atomic E-state index is 3.44. The van der Waals surface area contributed by atoms with Crippen molar-refractivity contribution >= 4 is 0 Å². The fraction of sp³-hybridized carbons (Fsp3) is 0.500. The zero-order chi connectivity index (χ0) is 12.3. The molecule has 0 spiro atoms. The van der Waals surface area contributed by atoms with Gasteiger partial charge in [-0.2, -0.15) is 0 Å². The molecule has 1 heteroatoms. The summed E-state index contributed by atoms with van der Waals surface area (Å²) < 4.78 is 0. The molecule has 0 aliphatic heterocycles. The molecule has 1 aromatic rings. The second-order valence-electron chi connectivity index (χ2n) is 4.88. The van der Waals surface area contributed by atoms with Crippen molar-refractivity contribution in [2.45, 2.75) is 33.1 Å². The van der Waals surface area contributed by atoms with Gasteiger partial charge in [0.15, 0.2) is 0 Å².